The van der Waals surface area contributed by atoms with E-state index in [9.17, 15) is 4.57 Å². The van der Waals surface area contributed by atoms with Gasteiger partial charge < -0.3 is 33.5 Å². The molecule has 0 unspecified atom stereocenters. The van der Waals surface area contributed by atoms with E-state index in [1.54, 1.807) is 0 Å². The van der Waals surface area contributed by atoms with Crippen molar-refractivity contribution in [3.63, 3.8) is 0 Å². The molecule has 10 heteroatoms. The van der Waals surface area contributed by atoms with E-state index < -0.39 is 7.82 Å². The van der Waals surface area contributed by atoms with Crippen LogP contribution < -0.4 is 0 Å². The maximum absolute atomic E-state index is 10.4. The number of phosphoric acid groups is 1. The second-order valence-electron chi connectivity index (χ2n) is 5.45. The molecule has 2 N–H and O–H groups in total. The molecule has 0 aliphatic heterocycles. The lowest BCUT2D eigenvalue weighted by Crippen LogP contribution is -2.14. The maximum Gasteiger partial charge on any atom is 0.469 e. The maximum atomic E-state index is 10.4. The molecule has 0 radical (unpaired) electrons. The number of unbranched alkanes of at least 4 members (excludes halogenated alkanes) is 3. The number of phosphoric ester groups is 1. The summed E-state index contributed by atoms with van der Waals surface area (Å²) < 4.78 is 41.2. The first kappa shape index (κ1) is 25.9. The van der Waals surface area contributed by atoms with Gasteiger partial charge in [-0.05, 0) is 6.42 Å². The van der Waals surface area contributed by atoms with Crippen LogP contribution in [0.25, 0.3) is 0 Å². The molecule has 0 heterocycles. The Kier molecular flexibility index (Phi) is 19.6. The highest BCUT2D eigenvalue weighted by Gasteiger charge is 2.12. The fraction of sp³-hybridized carbons (Fsp3) is 1.00. The van der Waals surface area contributed by atoms with E-state index in [1.807, 2.05) is 0 Å². The predicted octanol–water partition coefficient (Wildman–Crippen LogP) is 1.76. The quantitative estimate of drug-likeness (QED) is 0.219. The lowest BCUT2D eigenvalue weighted by atomic mass is 10.2. The molecular weight excluding hydrogens is 367 g/mol. The van der Waals surface area contributed by atoms with Gasteiger partial charge in [-0.15, -0.1) is 0 Å². The molecule has 0 fully saturated rings. The summed E-state index contributed by atoms with van der Waals surface area (Å²) >= 11 is 0. The lowest BCUT2D eigenvalue weighted by molar-refractivity contribution is -0.0134. The van der Waals surface area contributed by atoms with E-state index in [1.165, 1.54) is 19.3 Å². The van der Waals surface area contributed by atoms with Crippen LogP contribution in [-0.2, 0) is 32.8 Å². The van der Waals surface area contributed by atoms with Gasteiger partial charge in [-0.2, -0.15) is 0 Å². The summed E-state index contributed by atoms with van der Waals surface area (Å²) in [6, 6.07) is 0. The molecule has 0 amide bonds. The van der Waals surface area contributed by atoms with Gasteiger partial charge in [0.1, 0.15) is 0 Å². The van der Waals surface area contributed by atoms with Gasteiger partial charge >= 0.3 is 7.82 Å². The molecule has 0 aromatic rings. The van der Waals surface area contributed by atoms with Crippen molar-refractivity contribution in [2.75, 3.05) is 72.7 Å². The average Bonchev–Trinajstić information content (AvgIpc) is 2.59. The predicted molar refractivity (Wildman–Crippen MR) is 96.2 cm³/mol. The van der Waals surface area contributed by atoms with Crippen molar-refractivity contribution >= 4 is 7.82 Å². The molecule has 0 bridgehead atoms. The summed E-state index contributed by atoms with van der Waals surface area (Å²) in [5, 5.41) is 0. The van der Waals surface area contributed by atoms with E-state index in [0.29, 0.717) is 52.9 Å². The zero-order valence-electron chi connectivity index (χ0n) is 15.8. The van der Waals surface area contributed by atoms with Crippen LogP contribution in [-0.4, -0.2) is 82.5 Å². The molecule has 0 aliphatic carbocycles. The number of hydrogen-bond acceptors (Lipinski definition) is 7. The van der Waals surface area contributed by atoms with Crippen molar-refractivity contribution in [2.45, 2.75) is 32.6 Å². The Morgan fingerprint density at radius 1 is 0.577 bits per heavy atom. The van der Waals surface area contributed by atoms with Crippen LogP contribution in [0.3, 0.4) is 0 Å². The molecule has 0 aromatic carbocycles. The van der Waals surface area contributed by atoms with Gasteiger partial charge in [0.2, 0.25) is 0 Å². The smallest absolute Gasteiger partial charge is 0.379 e. The molecule has 0 saturated carbocycles. The van der Waals surface area contributed by atoms with E-state index in [-0.39, 0.29) is 13.2 Å². The topological polar surface area (TPSA) is 113 Å². The Labute approximate surface area is 156 Å². The van der Waals surface area contributed by atoms with Gasteiger partial charge in [0.05, 0.1) is 66.1 Å². The molecule has 0 aliphatic rings. The molecule has 0 rings (SSSR count). The van der Waals surface area contributed by atoms with Crippen LogP contribution in [0.1, 0.15) is 32.6 Å². The molecule has 9 nitrogen and oxygen atoms in total. The molecule has 158 valence electrons. The van der Waals surface area contributed by atoms with E-state index in [4.69, 9.17) is 33.5 Å². The van der Waals surface area contributed by atoms with Crippen LogP contribution in [0.5, 0.6) is 0 Å². The fourth-order valence-electron chi connectivity index (χ4n) is 1.83. The molecule has 0 saturated heterocycles. The highest BCUT2D eigenvalue weighted by Crippen LogP contribution is 2.35. The van der Waals surface area contributed by atoms with Gasteiger partial charge in [-0.25, -0.2) is 4.57 Å². The first-order valence-electron chi connectivity index (χ1n) is 9.15. The first-order valence-corrected chi connectivity index (χ1v) is 10.7. The third kappa shape index (κ3) is 23.9. The van der Waals surface area contributed by atoms with Crippen molar-refractivity contribution in [3.05, 3.63) is 0 Å². The summed E-state index contributed by atoms with van der Waals surface area (Å²) in [5.41, 5.74) is 0. The Morgan fingerprint density at radius 3 is 1.35 bits per heavy atom. The minimum atomic E-state index is -4.40. The van der Waals surface area contributed by atoms with E-state index in [2.05, 4.69) is 11.4 Å². The Balaban J connectivity index is 3.02. The van der Waals surface area contributed by atoms with Crippen molar-refractivity contribution in [3.8, 4) is 0 Å². The normalized spacial score (nSPS) is 12.0. The lowest BCUT2D eigenvalue weighted by Gasteiger charge is -2.08. The second-order valence-corrected chi connectivity index (χ2v) is 6.69. The second kappa shape index (κ2) is 19.7. The summed E-state index contributed by atoms with van der Waals surface area (Å²) in [4.78, 5) is 16.9. The van der Waals surface area contributed by atoms with Crippen molar-refractivity contribution < 1.29 is 42.6 Å². The van der Waals surface area contributed by atoms with Crippen molar-refractivity contribution in [1.29, 1.82) is 0 Å². The molecule has 0 atom stereocenters. The summed E-state index contributed by atoms with van der Waals surface area (Å²) in [7, 11) is -4.40. The van der Waals surface area contributed by atoms with E-state index >= 15 is 0 Å². The van der Waals surface area contributed by atoms with Crippen molar-refractivity contribution in [2.24, 2.45) is 0 Å². The fourth-order valence-corrected chi connectivity index (χ4v) is 2.14. The van der Waals surface area contributed by atoms with Crippen LogP contribution in [0.2, 0.25) is 0 Å². The number of rotatable bonds is 21. The van der Waals surface area contributed by atoms with Gasteiger partial charge in [0.15, 0.2) is 0 Å². The largest absolute Gasteiger partial charge is 0.469 e. The van der Waals surface area contributed by atoms with Gasteiger partial charge in [0.25, 0.3) is 0 Å². The van der Waals surface area contributed by atoms with Gasteiger partial charge in [-0.1, -0.05) is 26.2 Å². The average molecular weight is 402 g/mol. The molecule has 0 spiro atoms. The zero-order valence-corrected chi connectivity index (χ0v) is 16.7. The van der Waals surface area contributed by atoms with Crippen LogP contribution in [0.4, 0.5) is 0 Å². The third-order valence-corrected chi connectivity index (χ3v) is 3.64. The standard InChI is InChI=1S/C16H35O9P/c1-2-3-4-5-6-20-7-8-21-9-10-22-11-12-23-13-14-24-15-16-25-26(17,18)19/h2-16H2,1H3,(H2,17,18,19). The Hall–Kier alpha value is -0.0900. The monoisotopic (exact) mass is 402 g/mol. The van der Waals surface area contributed by atoms with Crippen molar-refractivity contribution in [1.82, 2.24) is 0 Å². The highest BCUT2D eigenvalue weighted by molar-refractivity contribution is 7.46. The molecular formula is C16H35O9P. The Morgan fingerprint density at radius 2 is 0.962 bits per heavy atom. The van der Waals surface area contributed by atoms with Gasteiger partial charge in [0, 0.05) is 6.61 Å². The highest BCUT2D eigenvalue weighted by atomic mass is 31.2. The summed E-state index contributed by atoms with van der Waals surface area (Å²) in [6.07, 6.45) is 4.84. The van der Waals surface area contributed by atoms with Crippen LogP contribution in [0.15, 0.2) is 0 Å². The molecule has 26 heavy (non-hydrogen) atoms. The number of hydrogen-bond donors (Lipinski definition) is 2. The third-order valence-electron chi connectivity index (χ3n) is 3.12. The Bertz CT molecular complexity index is 325. The first-order chi connectivity index (χ1) is 12.6. The SMILES string of the molecule is CCCCCCOCCOCCOCCOCCOCCOP(=O)(O)O. The molecule has 0 aromatic heterocycles. The van der Waals surface area contributed by atoms with Crippen LogP contribution >= 0.6 is 7.82 Å². The van der Waals surface area contributed by atoms with Gasteiger partial charge in [-0.3, -0.25) is 4.52 Å². The minimum absolute atomic E-state index is 0.102. The summed E-state index contributed by atoms with van der Waals surface area (Å²) in [6.45, 7) is 6.80. The number of ether oxygens (including phenoxy) is 5. The summed E-state index contributed by atoms with van der Waals surface area (Å²) in [5.74, 6) is 0. The minimum Gasteiger partial charge on any atom is -0.379 e. The van der Waals surface area contributed by atoms with Crippen LogP contribution in [0, 0.1) is 0 Å². The zero-order chi connectivity index (χ0) is 19.3. The van der Waals surface area contributed by atoms with E-state index in [0.717, 1.165) is 13.0 Å².